The van der Waals surface area contributed by atoms with Crippen LogP contribution in [-0.4, -0.2) is 29.6 Å². The number of rotatable bonds is 4. The molecule has 96 valence electrons. The monoisotopic (exact) mass is 261 g/mol. The van der Waals surface area contributed by atoms with Crippen LogP contribution in [0.4, 0.5) is 0 Å². The molecule has 2 nitrogen and oxygen atoms in total. The molecule has 1 heterocycles. The van der Waals surface area contributed by atoms with Gasteiger partial charge in [0, 0.05) is 24.9 Å². The number of carbonyl (C=O) groups is 1. The normalized spacial score (nSPS) is 25.5. The molecule has 2 fully saturated rings. The Bertz CT molecular complexity index is 441. The molecule has 1 aromatic carbocycles. The van der Waals surface area contributed by atoms with Crippen molar-refractivity contribution < 1.29 is 4.79 Å². The van der Waals surface area contributed by atoms with Crippen LogP contribution >= 0.6 is 12.6 Å². The highest BCUT2D eigenvalue weighted by Crippen LogP contribution is 2.49. The van der Waals surface area contributed by atoms with Gasteiger partial charge in [-0.2, -0.15) is 12.6 Å². The lowest BCUT2D eigenvalue weighted by Crippen LogP contribution is -2.34. The Kier molecular flexibility index (Phi) is 3.10. The summed E-state index contributed by atoms with van der Waals surface area (Å²) in [5, 5.41) is 0. The first-order chi connectivity index (χ1) is 8.73. The molecular formula is C15H19NOS. The maximum atomic E-state index is 12.0. The lowest BCUT2D eigenvalue weighted by atomic mass is 9.95. The third-order valence-electron chi connectivity index (χ3n) is 4.29. The zero-order valence-electron chi connectivity index (χ0n) is 10.5. The predicted molar refractivity (Wildman–Crippen MR) is 75.9 cm³/mol. The molecule has 1 unspecified atom stereocenters. The average Bonchev–Trinajstić information content (AvgIpc) is 3.10. The van der Waals surface area contributed by atoms with Gasteiger partial charge in [0.25, 0.3) is 0 Å². The second kappa shape index (κ2) is 4.61. The fourth-order valence-corrected chi connectivity index (χ4v) is 3.22. The Morgan fingerprint density at radius 1 is 1.28 bits per heavy atom. The van der Waals surface area contributed by atoms with Crippen LogP contribution in [-0.2, 0) is 10.2 Å². The van der Waals surface area contributed by atoms with Gasteiger partial charge < -0.3 is 4.90 Å². The van der Waals surface area contributed by atoms with E-state index in [9.17, 15) is 4.79 Å². The van der Waals surface area contributed by atoms with Crippen LogP contribution in [0.3, 0.4) is 0 Å². The van der Waals surface area contributed by atoms with Gasteiger partial charge >= 0.3 is 0 Å². The van der Waals surface area contributed by atoms with Crippen LogP contribution in [0.25, 0.3) is 0 Å². The molecule has 1 amide bonds. The van der Waals surface area contributed by atoms with Gasteiger partial charge in [-0.3, -0.25) is 4.79 Å². The summed E-state index contributed by atoms with van der Waals surface area (Å²) in [7, 11) is 0. The molecule has 1 aromatic rings. The zero-order chi connectivity index (χ0) is 12.6. The smallest absolute Gasteiger partial charge is 0.222 e. The van der Waals surface area contributed by atoms with Gasteiger partial charge in [0.1, 0.15) is 0 Å². The number of benzene rings is 1. The van der Waals surface area contributed by atoms with E-state index in [1.165, 1.54) is 18.4 Å². The van der Waals surface area contributed by atoms with Crippen molar-refractivity contribution in [3.05, 3.63) is 35.9 Å². The van der Waals surface area contributed by atoms with E-state index in [-0.39, 0.29) is 5.41 Å². The van der Waals surface area contributed by atoms with E-state index < -0.39 is 0 Å². The molecule has 0 N–H and O–H groups in total. The molecule has 2 aliphatic rings. The van der Waals surface area contributed by atoms with Gasteiger partial charge in [-0.05, 0) is 30.1 Å². The average molecular weight is 261 g/mol. The molecule has 18 heavy (non-hydrogen) atoms. The quantitative estimate of drug-likeness (QED) is 0.826. The molecule has 0 spiro atoms. The van der Waals surface area contributed by atoms with Gasteiger partial charge in [-0.15, -0.1) is 0 Å². The van der Waals surface area contributed by atoms with E-state index >= 15 is 0 Å². The van der Waals surface area contributed by atoms with Crippen molar-refractivity contribution in [2.45, 2.75) is 24.7 Å². The number of likely N-dealkylation sites (tertiary alicyclic amines) is 1. The minimum absolute atomic E-state index is 0.252. The van der Waals surface area contributed by atoms with Crippen molar-refractivity contribution in [2.24, 2.45) is 5.92 Å². The molecule has 0 radical (unpaired) electrons. The fraction of sp³-hybridized carbons (Fsp3) is 0.533. The third-order valence-corrected chi connectivity index (χ3v) is 4.80. The van der Waals surface area contributed by atoms with Crippen LogP contribution in [0.5, 0.6) is 0 Å². The summed E-state index contributed by atoms with van der Waals surface area (Å²) in [4.78, 5) is 14.0. The molecule has 1 saturated heterocycles. The van der Waals surface area contributed by atoms with E-state index in [2.05, 4.69) is 47.9 Å². The maximum Gasteiger partial charge on any atom is 0.222 e. The van der Waals surface area contributed by atoms with Crippen LogP contribution in [0, 0.1) is 5.92 Å². The van der Waals surface area contributed by atoms with Gasteiger partial charge in [-0.25, -0.2) is 0 Å². The Morgan fingerprint density at radius 3 is 2.56 bits per heavy atom. The van der Waals surface area contributed by atoms with Crippen molar-refractivity contribution in [1.82, 2.24) is 4.90 Å². The van der Waals surface area contributed by atoms with Crippen molar-refractivity contribution in [2.75, 3.05) is 18.8 Å². The predicted octanol–water partition coefficient (Wildman–Crippen LogP) is 2.50. The minimum atomic E-state index is 0.252. The highest BCUT2D eigenvalue weighted by molar-refractivity contribution is 7.80. The molecule has 1 saturated carbocycles. The summed E-state index contributed by atoms with van der Waals surface area (Å²) in [6.07, 6.45) is 3.12. The third kappa shape index (κ3) is 2.16. The molecular weight excluding hydrogens is 242 g/mol. The Labute approximate surface area is 114 Å². The van der Waals surface area contributed by atoms with Gasteiger partial charge in [0.15, 0.2) is 0 Å². The van der Waals surface area contributed by atoms with Crippen molar-refractivity contribution in [3.8, 4) is 0 Å². The minimum Gasteiger partial charge on any atom is -0.341 e. The summed E-state index contributed by atoms with van der Waals surface area (Å²) in [5.41, 5.74) is 1.65. The van der Waals surface area contributed by atoms with Gasteiger partial charge in [-0.1, -0.05) is 30.3 Å². The topological polar surface area (TPSA) is 20.3 Å². The SMILES string of the molecule is O=C1CC(CS)CN1CC1(c2ccccc2)CC1. The summed E-state index contributed by atoms with van der Waals surface area (Å²) in [6.45, 7) is 1.80. The molecule has 0 aromatic heterocycles. The summed E-state index contributed by atoms with van der Waals surface area (Å²) in [5.74, 6) is 1.59. The molecule has 1 aliphatic carbocycles. The van der Waals surface area contributed by atoms with Crippen LogP contribution in [0.15, 0.2) is 30.3 Å². The molecule has 1 aliphatic heterocycles. The van der Waals surface area contributed by atoms with E-state index in [0.717, 1.165) is 18.8 Å². The first kappa shape index (κ1) is 12.1. The van der Waals surface area contributed by atoms with Gasteiger partial charge in [0.05, 0.1) is 0 Å². The van der Waals surface area contributed by atoms with E-state index in [0.29, 0.717) is 18.2 Å². The van der Waals surface area contributed by atoms with Crippen molar-refractivity contribution in [1.29, 1.82) is 0 Å². The Hall–Kier alpha value is -0.960. The second-order valence-corrected chi connectivity index (χ2v) is 6.04. The number of nitrogens with zero attached hydrogens (tertiary/aromatic N) is 1. The van der Waals surface area contributed by atoms with Crippen LogP contribution in [0.1, 0.15) is 24.8 Å². The Morgan fingerprint density at radius 2 is 2.00 bits per heavy atom. The molecule has 0 bridgehead atoms. The lowest BCUT2D eigenvalue weighted by molar-refractivity contribution is -0.128. The fourth-order valence-electron chi connectivity index (χ4n) is 2.98. The first-order valence-electron chi connectivity index (χ1n) is 6.68. The summed E-state index contributed by atoms with van der Waals surface area (Å²) in [6, 6.07) is 10.6. The lowest BCUT2D eigenvalue weighted by Gasteiger charge is -2.24. The van der Waals surface area contributed by atoms with Crippen molar-refractivity contribution in [3.63, 3.8) is 0 Å². The standard InChI is InChI=1S/C15H19NOS/c17-14-8-12(10-18)9-16(14)11-15(6-7-15)13-4-2-1-3-5-13/h1-5,12,18H,6-11H2. The van der Waals surface area contributed by atoms with Gasteiger partial charge in [0.2, 0.25) is 5.91 Å². The number of hydrogen-bond acceptors (Lipinski definition) is 2. The molecule has 3 rings (SSSR count). The first-order valence-corrected chi connectivity index (χ1v) is 7.31. The van der Waals surface area contributed by atoms with E-state index in [4.69, 9.17) is 0 Å². The van der Waals surface area contributed by atoms with E-state index in [1.54, 1.807) is 0 Å². The number of carbonyl (C=O) groups excluding carboxylic acids is 1. The second-order valence-electron chi connectivity index (χ2n) is 5.67. The maximum absolute atomic E-state index is 12.0. The molecule has 3 heteroatoms. The highest BCUT2D eigenvalue weighted by Gasteiger charge is 2.47. The number of hydrogen-bond donors (Lipinski definition) is 1. The number of thiol groups is 1. The summed E-state index contributed by atoms with van der Waals surface area (Å²) < 4.78 is 0. The van der Waals surface area contributed by atoms with Crippen molar-refractivity contribution >= 4 is 18.5 Å². The summed E-state index contributed by atoms with van der Waals surface area (Å²) >= 11 is 4.32. The Balaban J connectivity index is 1.72. The highest BCUT2D eigenvalue weighted by atomic mass is 32.1. The number of amides is 1. The largest absolute Gasteiger partial charge is 0.341 e. The van der Waals surface area contributed by atoms with Crippen LogP contribution < -0.4 is 0 Å². The van der Waals surface area contributed by atoms with E-state index in [1.807, 2.05) is 0 Å². The van der Waals surface area contributed by atoms with Crippen LogP contribution in [0.2, 0.25) is 0 Å². The molecule has 1 atom stereocenters. The zero-order valence-corrected chi connectivity index (χ0v) is 11.4.